The third kappa shape index (κ3) is 5.72. The summed E-state index contributed by atoms with van der Waals surface area (Å²) in [5.74, 6) is -0.760. The molecule has 170 valence electrons. The lowest BCUT2D eigenvalue weighted by Crippen LogP contribution is -2.49. The van der Waals surface area contributed by atoms with E-state index in [0.29, 0.717) is 24.3 Å². The molecular weight excluding hydrogens is 411 g/mol. The molecule has 0 bridgehead atoms. The highest BCUT2D eigenvalue weighted by Crippen LogP contribution is 2.24. The van der Waals surface area contributed by atoms with E-state index in [1.165, 1.54) is 12.1 Å². The number of pyridine rings is 1. The first-order chi connectivity index (χ1) is 15.4. The van der Waals surface area contributed by atoms with Crippen molar-refractivity contribution in [3.8, 4) is 11.5 Å². The molecule has 5 N–H and O–H groups in total. The maximum Gasteiger partial charge on any atom is 0.239 e. The van der Waals surface area contributed by atoms with Crippen LogP contribution in [0.15, 0.2) is 54.7 Å². The van der Waals surface area contributed by atoms with Crippen LogP contribution in [0.5, 0.6) is 11.5 Å². The number of benzene rings is 2. The van der Waals surface area contributed by atoms with Gasteiger partial charge in [0.15, 0.2) is 11.6 Å². The van der Waals surface area contributed by atoms with Gasteiger partial charge in [0.25, 0.3) is 0 Å². The van der Waals surface area contributed by atoms with Crippen LogP contribution in [0.2, 0.25) is 0 Å². The van der Waals surface area contributed by atoms with Crippen molar-refractivity contribution in [3.05, 3.63) is 66.1 Å². The number of amides is 1. The van der Waals surface area contributed by atoms with Crippen molar-refractivity contribution in [2.75, 3.05) is 20.2 Å². The van der Waals surface area contributed by atoms with Gasteiger partial charge in [-0.05, 0) is 61.7 Å². The molecule has 0 unspecified atom stereocenters. The lowest BCUT2D eigenvalue weighted by Gasteiger charge is -2.30. The zero-order valence-electron chi connectivity index (χ0n) is 18.1. The van der Waals surface area contributed by atoms with E-state index in [2.05, 4.69) is 4.98 Å². The lowest BCUT2D eigenvalue weighted by molar-refractivity contribution is -0.134. The Morgan fingerprint density at radius 1 is 1.25 bits per heavy atom. The molecule has 0 saturated carbocycles. The summed E-state index contributed by atoms with van der Waals surface area (Å²) < 4.78 is 19.7. The summed E-state index contributed by atoms with van der Waals surface area (Å²) in [7, 11) is 1.69. The van der Waals surface area contributed by atoms with Gasteiger partial charge in [-0.1, -0.05) is 18.2 Å². The molecule has 0 aliphatic rings. The number of nitrogens with zero attached hydrogens (tertiary/aromatic N) is 2. The number of fused-ring (bicyclic) bond motifs is 1. The number of phenols is 1. The monoisotopic (exact) mass is 440 g/mol. The van der Waals surface area contributed by atoms with Crippen LogP contribution in [-0.2, 0) is 11.2 Å². The maximum atomic E-state index is 13.6. The van der Waals surface area contributed by atoms with Crippen molar-refractivity contribution in [2.24, 2.45) is 11.5 Å². The summed E-state index contributed by atoms with van der Waals surface area (Å²) in [5.41, 5.74) is 13.2. The Bertz CT molecular complexity index is 1060. The molecule has 0 spiro atoms. The van der Waals surface area contributed by atoms with Crippen molar-refractivity contribution in [3.63, 3.8) is 0 Å². The van der Waals surface area contributed by atoms with Gasteiger partial charge in [-0.2, -0.15) is 0 Å². The van der Waals surface area contributed by atoms with Gasteiger partial charge in [-0.15, -0.1) is 0 Å². The van der Waals surface area contributed by atoms with Crippen LogP contribution in [-0.4, -0.2) is 53.2 Å². The summed E-state index contributed by atoms with van der Waals surface area (Å²) in [6, 6.07) is 12.4. The minimum atomic E-state index is -0.855. The molecule has 3 rings (SSSR count). The average molecular weight is 441 g/mol. The van der Waals surface area contributed by atoms with Gasteiger partial charge in [0, 0.05) is 18.6 Å². The van der Waals surface area contributed by atoms with Crippen LogP contribution < -0.4 is 16.2 Å². The van der Waals surface area contributed by atoms with Gasteiger partial charge >= 0.3 is 0 Å². The van der Waals surface area contributed by atoms with Crippen molar-refractivity contribution in [1.29, 1.82) is 0 Å². The molecule has 0 saturated heterocycles. The molecule has 7 nitrogen and oxygen atoms in total. The number of aromatic nitrogens is 1. The Hall–Kier alpha value is -3.23. The second kappa shape index (κ2) is 10.9. The number of hydrogen-bond donors (Lipinski definition) is 3. The van der Waals surface area contributed by atoms with Gasteiger partial charge in [0.1, 0.15) is 12.4 Å². The summed E-state index contributed by atoms with van der Waals surface area (Å²) >= 11 is 0. The number of hydrogen-bond acceptors (Lipinski definition) is 6. The number of para-hydroxylation sites is 1. The Morgan fingerprint density at radius 3 is 2.78 bits per heavy atom. The second-order valence-corrected chi connectivity index (χ2v) is 7.77. The highest BCUT2D eigenvalue weighted by atomic mass is 19.1. The predicted molar refractivity (Wildman–Crippen MR) is 122 cm³/mol. The van der Waals surface area contributed by atoms with Crippen molar-refractivity contribution in [1.82, 2.24) is 9.88 Å². The zero-order valence-corrected chi connectivity index (χ0v) is 18.1. The van der Waals surface area contributed by atoms with Crippen LogP contribution >= 0.6 is 0 Å². The van der Waals surface area contributed by atoms with Crippen LogP contribution in [0.25, 0.3) is 10.9 Å². The number of carbonyl (C=O) groups is 1. The summed E-state index contributed by atoms with van der Waals surface area (Å²) in [6.45, 7) is 0.770. The van der Waals surface area contributed by atoms with Gasteiger partial charge in [-0.3, -0.25) is 9.78 Å². The van der Waals surface area contributed by atoms with Crippen molar-refractivity contribution >= 4 is 16.8 Å². The van der Waals surface area contributed by atoms with E-state index in [1.54, 1.807) is 30.3 Å². The van der Waals surface area contributed by atoms with E-state index in [-0.39, 0.29) is 25.0 Å². The first kappa shape index (κ1) is 23.4. The quantitative estimate of drug-likeness (QED) is 0.446. The van der Waals surface area contributed by atoms with E-state index < -0.39 is 17.6 Å². The molecule has 1 aromatic heterocycles. The van der Waals surface area contributed by atoms with Gasteiger partial charge < -0.3 is 26.2 Å². The Kier molecular flexibility index (Phi) is 7.97. The Labute approximate surface area is 186 Å². The molecule has 0 fully saturated rings. The Morgan fingerprint density at radius 2 is 2.03 bits per heavy atom. The van der Waals surface area contributed by atoms with Gasteiger partial charge in [0.05, 0.1) is 17.6 Å². The molecule has 2 aromatic carbocycles. The average Bonchev–Trinajstić information content (AvgIpc) is 2.80. The van der Waals surface area contributed by atoms with E-state index in [4.69, 9.17) is 16.2 Å². The van der Waals surface area contributed by atoms with Crippen LogP contribution in [0.3, 0.4) is 0 Å². The van der Waals surface area contributed by atoms with Crippen molar-refractivity contribution < 1.29 is 19.0 Å². The zero-order chi connectivity index (χ0) is 23.1. The topological polar surface area (TPSA) is 115 Å². The largest absolute Gasteiger partial charge is 0.505 e. The third-order valence-electron chi connectivity index (χ3n) is 5.46. The molecule has 0 radical (unpaired) electrons. The fraction of sp³-hybridized carbons (Fsp3) is 0.333. The fourth-order valence-corrected chi connectivity index (χ4v) is 3.58. The first-order valence-corrected chi connectivity index (χ1v) is 10.6. The van der Waals surface area contributed by atoms with Crippen LogP contribution in [0.1, 0.15) is 18.4 Å². The number of aromatic hydroxyl groups is 1. The molecule has 2 atom stereocenters. The number of carbonyl (C=O) groups excluding carboxylic acids is 1. The van der Waals surface area contributed by atoms with Crippen LogP contribution in [0, 0.1) is 5.82 Å². The third-order valence-corrected chi connectivity index (χ3v) is 5.46. The summed E-state index contributed by atoms with van der Waals surface area (Å²) in [6.07, 6.45) is 3.22. The minimum absolute atomic E-state index is 0.153. The molecule has 1 amide bonds. The summed E-state index contributed by atoms with van der Waals surface area (Å²) in [5, 5.41) is 10.2. The number of nitrogens with two attached hydrogens (primary N) is 2. The molecule has 0 aliphatic heterocycles. The molecule has 0 aliphatic carbocycles. The SMILES string of the molecule is CN(C(=O)[C@@H](N)Cc1ccc(O)c(F)c1)[C@@H](CCCN)COc1ccnc2ccccc12. The van der Waals surface area contributed by atoms with Gasteiger partial charge in [-0.25, -0.2) is 4.39 Å². The number of halogens is 1. The Balaban J connectivity index is 1.69. The van der Waals surface area contributed by atoms with E-state index in [9.17, 15) is 14.3 Å². The maximum absolute atomic E-state index is 13.6. The molecule has 32 heavy (non-hydrogen) atoms. The first-order valence-electron chi connectivity index (χ1n) is 10.6. The second-order valence-electron chi connectivity index (χ2n) is 7.77. The number of likely N-dealkylation sites (N-methyl/N-ethyl adjacent to an activating group) is 1. The number of rotatable bonds is 10. The summed E-state index contributed by atoms with van der Waals surface area (Å²) in [4.78, 5) is 18.9. The normalized spacial score (nSPS) is 13.0. The molecule has 1 heterocycles. The molecule has 8 heteroatoms. The van der Waals surface area contributed by atoms with E-state index in [1.807, 2.05) is 24.3 Å². The molecule has 3 aromatic rings. The fourth-order valence-electron chi connectivity index (χ4n) is 3.58. The molecular formula is C24H29FN4O3. The van der Waals surface area contributed by atoms with E-state index >= 15 is 0 Å². The van der Waals surface area contributed by atoms with Crippen molar-refractivity contribution in [2.45, 2.75) is 31.3 Å². The lowest BCUT2D eigenvalue weighted by atomic mass is 10.0. The smallest absolute Gasteiger partial charge is 0.239 e. The standard InChI is InChI=1S/C24H29FN4O3/c1-29(24(31)20(27)14-16-8-9-22(30)19(25)13-16)17(5-4-11-26)15-32-23-10-12-28-21-7-3-2-6-18(21)23/h2-3,6-10,12-13,17,20,30H,4-5,11,14-15,26-27H2,1H3/t17-,20-/m0/s1. The highest BCUT2D eigenvalue weighted by molar-refractivity contribution is 5.84. The number of phenolic OH excluding ortho intramolecular Hbond substituents is 1. The predicted octanol–water partition coefficient (Wildman–Crippen LogP) is 2.59. The van der Waals surface area contributed by atoms with Gasteiger partial charge in [0.2, 0.25) is 5.91 Å². The van der Waals surface area contributed by atoms with E-state index in [0.717, 1.165) is 17.3 Å². The van der Waals surface area contributed by atoms with Crippen LogP contribution in [0.4, 0.5) is 4.39 Å². The number of ether oxygens (including phenoxy) is 1. The minimum Gasteiger partial charge on any atom is -0.505 e. The highest BCUT2D eigenvalue weighted by Gasteiger charge is 2.25.